The minimum absolute atomic E-state index is 0.00718. The second kappa shape index (κ2) is 5.98. The normalized spacial score (nSPS) is 18.5. The van der Waals surface area contributed by atoms with Gasteiger partial charge < -0.3 is 11.1 Å². The molecule has 1 aliphatic heterocycles. The van der Waals surface area contributed by atoms with E-state index in [4.69, 9.17) is 5.73 Å². The molecule has 1 saturated heterocycles. The largest absolute Gasteiger partial charge is 0.330 e. The number of benzene rings is 1. The lowest BCUT2D eigenvalue weighted by molar-refractivity contribution is -0.119. The molecule has 0 radical (unpaired) electrons. The van der Waals surface area contributed by atoms with Gasteiger partial charge in [0.05, 0.1) is 11.4 Å². The van der Waals surface area contributed by atoms with Gasteiger partial charge in [0, 0.05) is 24.7 Å². The van der Waals surface area contributed by atoms with Gasteiger partial charge in [-0.15, -0.1) is 0 Å². The van der Waals surface area contributed by atoms with Gasteiger partial charge in [0.15, 0.2) is 0 Å². The van der Waals surface area contributed by atoms with Crippen LogP contribution in [0.2, 0.25) is 0 Å². The van der Waals surface area contributed by atoms with Crippen molar-refractivity contribution in [3.05, 3.63) is 24.0 Å². The summed E-state index contributed by atoms with van der Waals surface area (Å²) in [6.45, 7) is 2.11. The molecule has 1 aromatic rings. The summed E-state index contributed by atoms with van der Waals surface area (Å²) in [6, 6.07) is 3.87. The van der Waals surface area contributed by atoms with Crippen LogP contribution in [0.3, 0.4) is 0 Å². The molecule has 1 aromatic carbocycles. The molecule has 116 valence electrons. The first-order chi connectivity index (χ1) is 9.85. The second-order valence-electron chi connectivity index (χ2n) is 5.03. The summed E-state index contributed by atoms with van der Waals surface area (Å²) in [4.78, 5) is 11.8. The molecule has 1 aliphatic rings. The summed E-state index contributed by atoms with van der Waals surface area (Å²) in [6.07, 6.45) is 0.461. The van der Waals surface area contributed by atoms with Crippen molar-refractivity contribution < 1.29 is 17.6 Å². The van der Waals surface area contributed by atoms with Crippen LogP contribution in [0.4, 0.5) is 15.8 Å². The van der Waals surface area contributed by atoms with E-state index in [1.165, 1.54) is 12.1 Å². The van der Waals surface area contributed by atoms with E-state index >= 15 is 0 Å². The number of sulfonamides is 1. The van der Waals surface area contributed by atoms with Crippen LogP contribution in [0.25, 0.3) is 0 Å². The van der Waals surface area contributed by atoms with Gasteiger partial charge in [0.1, 0.15) is 5.82 Å². The molecule has 0 spiro atoms. The third kappa shape index (κ3) is 3.33. The highest BCUT2D eigenvalue weighted by Gasteiger charge is 2.30. The number of amides is 1. The summed E-state index contributed by atoms with van der Waals surface area (Å²) in [5.41, 5.74) is 5.72. The quantitative estimate of drug-likeness (QED) is 0.863. The Morgan fingerprint density at radius 1 is 1.52 bits per heavy atom. The van der Waals surface area contributed by atoms with E-state index in [0.717, 1.165) is 10.4 Å². The number of halogens is 1. The van der Waals surface area contributed by atoms with E-state index < -0.39 is 15.8 Å². The van der Waals surface area contributed by atoms with Gasteiger partial charge in [-0.2, -0.15) is 0 Å². The number of rotatable bonds is 4. The molecule has 1 amide bonds. The Hall–Kier alpha value is -1.67. The Balaban J connectivity index is 2.28. The Bertz CT molecular complexity index is 648. The molecule has 3 N–H and O–H groups in total. The number of anilines is 2. The molecule has 1 unspecified atom stereocenters. The third-order valence-corrected chi connectivity index (χ3v) is 5.24. The van der Waals surface area contributed by atoms with Crippen molar-refractivity contribution >= 4 is 27.3 Å². The topological polar surface area (TPSA) is 92.5 Å². The van der Waals surface area contributed by atoms with E-state index in [-0.39, 0.29) is 36.4 Å². The van der Waals surface area contributed by atoms with Crippen molar-refractivity contribution in [3.8, 4) is 0 Å². The Morgan fingerprint density at radius 2 is 2.24 bits per heavy atom. The van der Waals surface area contributed by atoms with Crippen molar-refractivity contribution in [2.45, 2.75) is 13.3 Å². The zero-order valence-corrected chi connectivity index (χ0v) is 12.5. The minimum atomic E-state index is -3.47. The Morgan fingerprint density at radius 3 is 2.81 bits per heavy atom. The number of nitrogens with one attached hydrogen (secondary N) is 1. The highest BCUT2D eigenvalue weighted by Crippen LogP contribution is 2.29. The van der Waals surface area contributed by atoms with Crippen LogP contribution in [0.15, 0.2) is 18.2 Å². The van der Waals surface area contributed by atoms with E-state index in [1.807, 2.05) is 0 Å². The fraction of sp³-hybridized carbons (Fsp3) is 0.462. The Labute approximate surface area is 123 Å². The van der Waals surface area contributed by atoms with Crippen LogP contribution in [-0.2, 0) is 14.8 Å². The standard InChI is InChI=1S/C13H18FN3O3S/c1-9(8-15)13(18)16-10-3-4-11(14)12(7-10)17-5-2-6-21(17,19)20/h3-4,7,9H,2,5-6,8,15H2,1H3,(H,16,18). The van der Waals surface area contributed by atoms with Crippen molar-refractivity contribution in [1.82, 2.24) is 0 Å². The van der Waals surface area contributed by atoms with E-state index in [9.17, 15) is 17.6 Å². The van der Waals surface area contributed by atoms with Gasteiger partial charge in [0.25, 0.3) is 0 Å². The number of carbonyl (C=O) groups excluding carboxylic acids is 1. The average Bonchev–Trinajstić information content (AvgIpc) is 2.79. The van der Waals surface area contributed by atoms with Crippen molar-refractivity contribution in [2.75, 3.05) is 28.5 Å². The van der Waals surface area contributed by atoms with Gasteiger partial charge in [-0.3, -0.25) is 9.10 Å². The van der Waals surface area contributed by atoms with Crippen LogP contribution < -0.4 is 15.4 Å². The van der Waals surface area contributed by atoms with E-state index in [0.29, 0.717) is 12.1 Å². The number of hydrogen-bond acceptors (Lipinski definition) is 4. The van der Waals surface area contributed by atoms with E-state index in [2.05, 4.69) is 5.32 Å². The smallest absolute Gasteiger partial charge is 0.235 e. The van der Waals surface area contributed by atoms with Crippen molar-refractivity contribution in [2.24, 2.45) is 11.7 Å². The predicted molar refractivity (Wildman–Crippen MR) is 79.0 cm³/mol. The molecule has 0 bridgehead atoms. The Kier molecular flexibility index (Phi) is 4.48. The lowest BCUT2D eigenvalue weighted by Gasteiger charge is -2.19. The molecule has 0 aromatic heterocycles. The third-order valence-electron chi connectivity index (χ3n) is 3.38. The van der Waals surface area contributed by atoms with Crippen molar-refractivity contribution in [1.29, 1.82) is 0 Å². The molecule has 8 heteroatoms. The first-order valence-corrected chi connectivity index (χ1v) is 8.27. The molecular formula is C13H18FN3O3S. The highest BCUT2D eigenvalue weighted by molar-refractivity contribution is 7.93. The van der Waals surface area contributed by atoms with Crippen LogP contribution in [-0.4, -0.2) is 33.2 Å². The SMILES string of the molecule is CC(CN)C(=O)Nc1ccc(F)c(N2CCCS2(=O)=O)c1. The highest BCUT2D eigenvalue weighted by atomic mass is 32.2. The number of hydrogen-bond donors (Lipinski definition) is 2. The lowest BCUT2D eigenvalue weighted by Crippen LogP contribution is -2.28. The molecule has 1 atom stereocenters. The molecule has 6 nitrogen and oxygen atoms in total. The van der Waals surface area contributed by atoms with Crippen LogP contribution >= 0.6 is 0 Å². The van der Waals surface area contributed by atoms with Gasteiger partial charge in [-0.05, 0) is 24.6 Å². The molecule has 0 saturated carbocycles. The molecule has 0 aliphatic carbocycles. The summed E-state index contributed by atoms with van der Waals surface area (Å²) in [5.74, 6) is -1.30. The fourth-order valence-corrected chi connectivity index (χ4v) is 3.63. The van der Waals surface area contributed by atoms with E-state index in [1.54, 1.807) is 6.92 Å². The summed E-state index contributed by atoms with van der Waals surface area (Å²) in [5, 5.41) is 2.60. The maximum absolute atomic E-state index is 13.9. The first kappa shape index (κ1) is 15.7. The molecule has 2 rings (SSSR count). The minimum Gasteiger partial charge on any atom is -0.330 e. The summed E-state index contributed by atoms with van der Waals surface area (Å²) in [7, 11) is -3.47. The maximum Gasteiger partial charge on any atom is 0.235 e. The van der Waals surface area contributed by atoms with Gasteiger partial charge >= 0.3 is 0 Å². The zero-order valence-electron chi connectivity index (χ0n) is 11.7. The van der Waals surface area contributed by atoms with Crippen LogP contribution in [0, 0.1) is 11.7 Å². The van der Waals surface area contributed by atoms with Gasteiger partial charge in [-0.1, -0.05) is 6.92 Å². The fourth-order valence-electron chi connectivity index (χ4n) is 2.06. The summed E-state index contributed by atoms with van der Waals surface area (Å²) < 4.78 is 38.6. The van der Waals surface area contributed by atoms with Crippen molar-refractivity contribution in [3.63, 3.8) is 0 Å². The van der Waals surface area contributed by atoms with Crippen LogP contribution in [0.5, 0.6) is 0 Å². The zero-order chi connectivity index (χ0) is 15.6. The number of carbonyl (C=O) groups is 1. The second-order valence-corrected chi connectivity index (χ2v) is 7.05. The number of nitrogens with zero attached hydrogens (tertiary/aromatic N) is 1. The summed E-state index contributed by atoms with van der Waals surface area (Å²) >= 11 is 0. The predicted octanol–water partition coefficient (Wildman–Crippen LogP) is 0.899. The number of nitrogens with two attached hydrogens (primary N) is 1. The molecule has 1 heterocycles. The molecule has 1 fully saturated rings. The first-order valence-electron chi connectivity index (χ1n) is 6.66. The monoisotopic (exact) mass is 315 g/mol. The maximum atomic E-state index is 13.9. The van der Waals surface area contributed by atoms with Crippen LogP contribution in [0.1, 0.15) is 13.3 Å². The lowest BCUT2D eigenvalue weighted by atomic mass is 10.1. The van der Waals surface area contributed by atoms with Gasteiger partial charge in [0.2, 0.25) is 15.9 Å². The molecular weight excluding hydrogens is 297 g/mol. The molecule has 21 heavy (non-hydrogen) atoms. The average molecular weight is 315 g/mol. The van der Waals surface area contributed by atoms with Gasteiger partial charge in [-0.25, -0.2) is 12.8 Å².